The summed E-state index contributed by atoms with van der Waals surface area (Å²) in [5.74, 6) is 0.154. The normalized spacial score (nSPS) is 18.9. The van der Waals surface area contributed by atoms with Gasteiger partial charge in [0.15, 0.2) is 11.5 Å². The summed E-state index contributed by atoms with van der Waals surface area (Å²) in [6, 6.07) is 19.7. The van der Waals surface area contributed by atoms with Crippen LogP contribution >= 0.6 is 0 Å². The van der Waals surface area contributed by atoms with Crippen molar-refractivity contribution >= 4 is 17.4 Å². The van der Waals surface area contributed by atoms with Crippen molar-refractivity contribution in [3.63, 3.8) is 0 Å². The van der Waals surface area contributed by atoms with Crippen LogP contribution in [0, 0.1) is 0 Å². The Hall–Kier alpha value is -5.05. The molecule has 220 valence electrons. The molecule has 6 rings (SSSR count). The third-order valence-corrected chi connectivity index (χ3v) is 7.82. The maximum absolute atomic E-state index is 13.6. The van der Waals surface area contributed by atoms with Crippen LogP contribution in [0.25, 0.3) is 5.76 Å². The molecule has 0 unspecified atom stereocenters. The molecule has 0 spiro atoms. The first kappa shape index (κ1) is 28.1. The molecule has 0 saturated carbocycles. The smallest absolute Gasteiger partial charge is 0.295 e. The number of aliphatic hydroxyl groups is 1. The number of methoxy groups -OCH3 is 1. The number of imidazole rings is 1. The van der Waals surface area contributed by atoms with Gasteiger partial charge in [0.1, 0.15) is 24.2 Å². The van der Waals surface area contributed by atoms with Crippen LogP contribution in [0.4, 0.5) is 0 Å². The Morgan fingerprint density at radius 3 is 2.65 bits per heavy atom. The molecule has 0 radical (unpaired) electrons. The Bertz CT molecular complexity index is 1660. The minimum absolute atomic E-state index is 0.0311. The number of carbonyl (C=O) groups excluding carboxylic acids is 2. The fourth-order valence-electron chi connectivity index (χ4n) is 5.73. The minimum Gasteiger partial charge on any atom is -0.507 e. The molecule has 1 fully saturated rings. The lowest BCUT2D eigenvalue weighted by Gasteiger charge is -2.26. The number of ether oxygens (including phenoxy) is 3. The van der Waals surface area contributed by atoms with Gasteiger partial charge in [-0.15, -0.1) is 0 Å². The van der Waals surface area contributed by atoms with Crippen LogP contribution in [0.15, 0.2) is 91.0 Å². The Morgan fingerprint density at radius 2 is 1.88 bits per heavy atom. The highest BCUT2D eigenvalue weighted by molar-refractivity contribution is 6.46. The summed E-state index contributed by atoms with van der Waals surface area (Å²) in [4.78, 5) is 32.6. The molecule has 4 aromatic rings. The number of ketones is 1. The largest absolute Gasteiger partial charge is 0.507 e. The molecule has 2 aliphatic rings. The number of aromatic nitrogens is 2. The lowest BCUT2D eigenvalue weighted by molar-refractivity contribution is -0.139. The van der Waals surface area contributed by atoms with Crippen molar-refractivity contribution in [2.75, 3.05) is 13.7 Å². The summed E-state index contributed by atoms with van der Waals surface area (Å²) in [6.07, 6.45) is 6.57. The second-order valence-corrected chi connectivity index (χ2v) is 10.8. The predicted molar refractivity (Wildman–Crippen MR) is 160 cm³/mol. The number of rotatable bonds is 10. The summed E-state index contributed by atoms with van der Waals surface area (Å²) >= 11 is 0. The zero-order valence-corrected chi connectivity index (χ0v) is 24.1. The highest BCUT2D eigenvalue weighted by Gasteiger charge is 2.46. The number of nitrogens with zero attached hydrogens (tertiary/aromatic N) is 3. The number of fused-ring (bicyclic) bond motifs is 1. The lowest BCUT2D eigenvalue weighted by Crippen LogP contribution is -2.31. The summed E-state index contributed by atoms with van der Waals surface area (Å²) in [5, 5.41) is 11.6. The number of Topliss-reactive ketones (excluding diaryl/α,β-unsaturated/α-hetero) is 1. The number of amides is 1. The molecule has 1 aromatic heterocycles. The molecule has 1 N–H and O–H groups in total. The second kappa shape index (κ2) is 12.1. The van der Waals surface area contributed by atoms with Gasteiger partial charge in [0.25, 0.3) is 11.7 Å². The van der Waals surface area contributed by atoms with Crippen molar-refractivity contribution in [1.82, 2.24) is 14.5 Å². The SMILES string of the molecule is COc1cc([C@H]2C(=C(O)c3ccc4c(c3)C[C@@H](C)O4)C(=O)C(=O)N2CCCn2ccnc2)ccc1OCc1ccccc1. The van der Waals surface area contributed by atoms with E-state index in [1.165, 1.54) is 4.90 Å². The van der Waals surface area contributed by atoms with Gasteiger partial charge >= 0.3 is 0 Å². The first-order valence-electron chi connectivity index (χ1n) is 14.3. The number of hydrogen-bond donors (Lipinski definition) is 1. The average molecular weight is 580 g/mol. The molecule has 1 amide bonds. The number of likely N-dealkylation sites (tertiary alicyclic amines) is 1. The van der Waals surface area contributed by atoms with Crippen LogP contribution in [0.2, 0.25) is 0 Å². The van der Waals surface area contributed by atoms with Crippen molar-refractivity contribution in [1.29, 1.82) is 0 Å². The molecule has 3 aromatic carbocycles. The van der Waals surface area contributed by atoms with Crippen molar-refractivity contribution in [2.45, 2.75) is 45.1 Å². The fourth-order valence-corrected chi connectivity index (χ4v) is 5.73. The van der Waals surface area contributed by atoms with Crippen molar-refractivity contribution in [3.8, 4) is 17.2 Å². The standard InChI is InChI=1S/C34H33N3O6/c1-22-17-26-18-25(10-11-27(26)43-22)32(38)30-31(37(34(40)33(30)39)15-6-14-36-16-13-35-21-36)24-9-12-28(29(19-24)41-2)42-20-23-7-4-3-5-8-23/h3-5,7-13,16,18-19,21-22,31,38H,6,14-15,17,20H2,1-2H3/t22-,31+/m1/s1. The van der Waals surface area contributed by atoms with Crippen LogP contribution in [-0.2, 0) is 29.2 Å². The van der Waals surface area contributed by atoms with E-state index in [-0.39, 0.29) is 17.4 Å². The van der Waals surface area contributed by atoms with Crippen molar-refractivity contribution in [3.05, 3.63) is 113 Å². The first-order chi connectivity index (χ1) is 20.9. The summed E-state index contributed by atoms with van der Waals surface area (Å²) in [6.45, 7) is 3.25. The molecule has 1 saturated heterocycles. The molecule has 2 atom stereocenters. The summed E-state index contributed by atoms with van der Waals surface area (Å²) in [7, 11) is 1.55. The number of aryl methyl sites for hydroxylation is 1. The van der Waals surface area contributed by atoms with Crippen LogP contribution in [0.1, 0.15) is 41.6 Å². The topological polar surface area (TPSA) is 103 Å². The highest BCUT2D eigenvalue weighted by Crippen LogP contribution is 2.43. The molecular formula is C34H33N3O6. The molecule has 43 heavy (non-hydrogen) atoms. The van der Waals surface area contributed by atoms with E-state index in [0.29, 0.717) is 55.2 Å². The van der Waals surface area contributed by atoms with Crippen LogP contribution in [0.3, 0.4) is 0 Å². The lowest BCUT2D eigenvalue weighted by atomic mass is 9.94. The predicted octanol–water partition coefficient (Wildman–Crippen LogP) is 5.31. The highest BCUT2D eigenvalue weighted by atomic mass is 16.5. The zero-order chi connectivity index (χ0) is 29.9. The molecule has 0 bridgehead atoms. The van der Waals surface area contributed by atoms with E-state index >= 15 is 0 Å². The van der Waals surface area contributed by atoms with Crippen LogP contribution in [-0.4, -0.2) is 51.0 Å². The number of hydrogen-bond acceptors (Lipinski definition) is 7. The molecule has 9 heteroatoms. The summed E-state index contributed by atoms with van der Waals surface area (Å²) in [5.41, 5.74) is 3.09. The average Bonchev–Trinajstić information content (AvgIpc) is 3.74. The van der Waals surface area contributed by atoms with Gasteiger partial charge in [-0.25, -0.2) is 4.98 Å². The van der Waals surface area contributed by atoms with E-state index in [0.717, 1.165) is 16.9 Å². The minimum atomic E-state index is -0.816. The van der Waals surface area contributed by atoms with Gasteiger partial charge in [0.2, 0.25) is 0 Å². The monoisotopic (exact) mass is 579 g/mol. The molecule has 0 aliphatic carbocycles. The molecule has 3 heterocycles. The maximum atomic E-state index is 13.6. The van der Waals surface area contributed by atoms with E-state index in [4.69, 9.17) is 14.2 Å². The Kier molecular flexibility index (Phi) is 7.87. The van der Waals surface area contributed by atoms with E-state index in [1.807, 2.05) is 60.2 Å². The van der Waals surface area contributed by atoms with Gasteiger partial charge < -0.3 is 28.8 Å². The van der Waals surface area contributed by atoms with Crippen molar-refractivity contribution < 1.29 is 28.9 Å². The number of benzene rings is 3. The van der Waals surface area contributed by atoms with Gasteiger partial charge in [-0.2, -0.15) is 0 Å². The van der Waals surface area contributed by atoms with Gasteiger partial charge in [-0.3, -0.25) is 9.59 Å². The number of aliphatic hydroxyl groups excluding tert-OH is 1. The van der Waals surface area contributed by atoms with E-state index in [9.17, 15) is 14.7 Å². The summed E-state index contributed by atoms with van der Waals surface area (Å²) < 4.78 is 19.5. The fraction of sp³-hybridized carbons (Fsp3) is 0.265. The van der Waals surface area contributed by atoms with Gasteiger partial charge in [-0.1, -0.05) is 36.4 Å². The van der Waals surface area contributed by atoms with Crippen LogP contribution in [0.5, 0.6) is 17.2 Å². The number of carbonyl (C=O) groups is 2. The zero-order valence-electron chi connectivity index (χ0n) is 24.1. The first-order valence-corrected chi connectivity index (χ1v) is 14.3. The quantitative estimate of drug-likeness (QED) is 0.154. The third kappa shape index (κ3) is 5.70. The van der Waals surface area contributed by atoms with Gasteiger partial charge in [0, 0.05) is 37.5 Å². The van der Waals surface area contributed by atoms with Crippen molar-refractivity contribution in [2.24, 2.45) is 0 Å². The second-order valence-electron chi connectivity index (χ2n) is 10.8. The van der Waals surface area contributed by atoms with E-state index < -0.39 is 17.7 Å². The van der Waals surface area contributed by atoms with Gasteiger partial charge in [-0.05, 0) is 60.4 Å². The van der Waals surface area contributed by atoms with Gasteiger partial charge in [0.05, 0.1) is 25.1 Å². The molecular weight excluding hydrogens is 546 g/mol. The third-order valence-electron chi connectivity index (χ3n) is 7.82. The van der Waals surface area contributed by atoms with Crippen LogP contribution < -0.4 is 14.2 Å². The van der Waals surface area contributed by atoms with E-state index in [1.54, 1.807) is 43.9 Å². The maximum Gasteiger partial charge on any atom is 0.295 e. The molecule has 9 nitrogen and oxygen atoms in total. The Morgan fingerprint density at radius 1 is 1.05 bits per heavy atom. The Balaban J connectivity index is 1.36. The molecule has 2 aliphatic heterocycles. The van der Waals surface area contributed by atoms with E-state index in [2.05, 4.69) is 4.98 Å². The Labute approximate surface area is 250 Å².